The molecule has 2 bridgehead atoms. The lowest BCUT2D eigenvalue weighted by Gasteiger charge is -2.28. The summed E-state index contributed by atoms with van der Waals surface area (Å²) in [6.07, 6.45) is 1.49. The van der Waals surface area contributed by atoms with Gasteiger partial charge in [0.1, 0.15) is 12.2 Å². The van der Waals surface area contributed by atoms with Crippen molar-refractivity contribution in [2.45, 2.75) is 25.0 Å². The van der Waals surface area contributed by atoms with E-state index in [0.717, 1.165) is 37.4 Å². The number of ether oxygens (including phenoxy) is 2. The maximum Gasteiger partial charge on any atom is 0.320 e. The summed E-state index contributed by atoms with van der Waals surface area (Å²) < 4.78 is 11.1. The SMILES string of the molecule is O=C(CN1CCSCC1)OC1C2CC3C(=O)OC1C3C2. The van der Waals surface area contributed by atoms with Gasteiger partial charge in [0.2, 0.25) is 0 Å². The molecule has 0 aromatic carbocycles. The van der Waals surface area contributed by atoms with Crippen LogP contribution in [-0.4, -0.2) is 60.2 Å². The monoisotopic (exact) mass is 297 g/mol. The minimum atomic E-state index is -0.186. The largest absolute Gasteiger partial charge is 0.458 e. The fraction of sp³-hybridized carbons (Fsp3) is 0.857. The first-order chi connectivity index (χ1) is 9.72. The summed E-state index contributed by atoms with van der Waals surface area (Å²) in [4.78, 5) is 25.9. The van der Waals surface area contributed by atoms with Gasteiger partial charge in [-0.1, -0.05) is 0 Å². The highest BCUT2D eigenvalue weighted by atomic mass is 32.2. The molecule has 0 amide bonds. The Morgan fingerprint density at radius 1 is 1.35 bits per heavy atom. The van der Waals surface area contributed by atoms with Crippen LogP contribution in [0.25, 0.3) is 0 Å². The number of hydrogen-bond acceptors (Lipinski definition) is 6. The predicted molar refractivity (Wildman–Crippen MR) is 73.2 cm³/mol. The standard InChI is InChI=1S/C14H19NO4S/c16-11(7-15-1-3-20-4-2-15)18-12-8-5-9-10(6-8)14(17)19-13(9)12/h8-10,12-13H,1-7H2. The van der Waals surface area contributed by atoms with Gasteiger partial charge in [0, 0.05) is 36.4 Å². The zero-order valence-corrected chi connectivity index (χ0v) is 12.1. The van der Waals surface area contributed by atoms with Crippen LogP contribution in [0, 0.1) is 17.8 Å². The van der Waals surface area contributed by atoms with Gasteiger partial charge in [-0.25, -0.2) is 0 Å². The molecule has 4 rings (SSSR count). The predicted octanol–water partition coefficient (Wildman–Crippen LogP) is 0.528. The summed E-state index contributed by atoms with van der Waals surface area (Å²) >= 11 is 1.93. The van der Waals surface area contributed by atoms with Gasteiger partial charge in [-0.2, -0.15) is 11.8 Å². The van der Waals surface area contributed by atoms with E-state index < -0.39 is 0 Å². The number of carbonyl (C=O) groups is 2. The van der Waals surface area contributed by atoms with Gasteiger partial charge in [0.25, 0.3) is 0 Å². The summed E-state index contributed by atoms with van der Waals surface area (Å²) in [5, 5.41) is 0. The number of nitrogens with zero attached hydrogens (tertiary/aromatic N) is 1. The molecule has 0 aromatic heterocycles. The zero-order valence-electron chi connectivity index (χ0n) is 11.3. The van der Waals surface area contributed by atoms with Crippen LogP contribution in [0.4, 0.5) is 0 Å². The molecular weight excluding hydrogens is 278 g/mol. The normalized spacial score (nSPS) is 42.8. The molecular formula is C14H19NO4S. The van der Waals surface area contributed by atoms with Crippen molar-refractivity contribution in [3.8, 4) is 0 Å². The summed E-state index contributed by atoms with van der Waals surface area (Å²) in [5.74, 6) is 2.66. The topological polar surface area (TPSA) is 55.8 Å². The zero-order chi connectivity index (χ0) is 13.7. The summed E-state index contributed by atoms with van der Waals surface area (Å²) in [6, 6.07) is 0. The Labute approximate surface area is 122 Å². The van der Waals surface area contributed by atoms with Crippen molar-refractivity contribution >= 4 is 23.7 Å². The molecule has 2 aliphatic heterocycles. The van der Waals surface area contributed by atoms with Crippen molar-refractivity contribution in [1.29, 1.82) is 0 Å². The maximum absolute atomic E-state index is 12.1. The Kier molecular flexibility index (Phi) is 3.18. The van der Waals surface area contributed by atoms with Gasteiger partial charge in [0.15, 0.2) is 0 Å². The van der Waals surface area contributed by atoms with Crippen LogP contribution in [0.3, 0.4) is 0 Å². The average molecular weight is 297 g/mol. The third-order valence-electron chi connectivity index (χ3n) is 5.14. The van der Waals surface area contributed by atoms with Crippen LogP contribution in [0.5, 0.6) is 0 Å². The highest BCUT2D eigenvalue weighted by Crippen LogP contribution is 2.55. The molecule has 2 saturated heterocycles. The van der Waals surface area contributed by atoms with Crippen molar-refractivity contribution < 1.29 is 19.1 Å². The molecule has 20 heavy (non-hydrogen) atoms. The molecule has 2 aliphatic carbocycles. The average Bonchev–Trinajstić information content (AvgIpc) is 3.04. The second-order valence-electron chi connectivity index (χ2n) is 6.25. The van der Waals surface area contributed by atoms with Crippen LogP contribution in [0.1, 0.15) is 12.8 Å². The lowest BCUT2D eigenvalue weighted by Crippen LogP contribution is -2.41. The van der Waals surface area contributed by atoms with E-state index in [9.17, 15) is 9.59 Å². The van der Waals surface area contributed by atoms with Crippen LogP contribution >= 0.6 is 11.8 Å². The van der Waals surface area contributed by atoms with E-state index >= 15 is 0 Å². The number of carbonyl (C=O) groups excluding carboxylic acids is 2. The smallest absolute Gasteiger partial charge is 0.320 e. The van der Waals surface area contributed by atoms with E-state index in [1.165, 1.54) is 0 Å². The quantitative estimate of drug-likeness (QED) is 0.708. The maximum atomic E-state index is 12.1. The minimum Gasteiger partial charge on any atom is -0.458 e. The van der Waals surface area contributed by atoms with E-state index in [4.69, 9.17) is 9.47 Å². The van der Waals surface area contributed by atoms with Gasteiger partial charge < -0.3 is 9.47 Å². The first-order valence-electron chi connectivity index (χ1n) is 7.42. The van der Waals surface area contributed by atoms with E-state index in [0.29, 0.717) is 18.4 Å². The third kappa shape index (κ3) is 2.04. The van der Waals surface area contributed by atoms with Crippen LogP contribution in [-0.2, 0) is 19.1 Å². The van der Waals surface area contributed by atoms with E-state index in [1.807, 2.05) is 11.8 Å². The molecule has 5 atom stereocenters. The first-order valence-corrected chi connectivity index (χ1v) is 8.58. The van der Waals surface area contributed by atoms with Crippen LogP contribution in [0.15, 0.2) is 0 Å². The number of fused-ring (bicyclic) bond motifs is 1. The fourth-order valence-electron chi connectivity index (χ4n) is 4.20. The molecule has 2 heterocycles. The summed E-state index contributed by atoms with van der Waals surface area (Å²) in [7, 11) is 0. The fourth-order valence-corrected chi connectivity index (χ4v) is 5.17. The van der Waals surface area contributed by atoms with Crippen molar-refractivity contribution in [1.82, 2.24) is 4.90 Å². The van der Waals surface area contributed by atoms with Crippen LogP contribution in [0.2, 0.25) is 0 Å². The summed E-state index contributed by atoms with van der Waals surface area (Å²) in [6.45, 7) is 2.28. The Hall–Kier alpha value is -0.750. The molecule has 5 nitrogen and oxygen atoms in total. The number of hydrogen-bond donors (Lipinski definition) is 0. The first kappa shape index (κ1) is 13.0. The molecule has 2 saturated carbocycles. The Balaban J connectivity index is 1.35. The molecule has 0 N–H and O–H groups in total. The van der Waals surface area contributed by atoms with Gasteiger partial charge in [0.05, 0.1) is 12.5 Å². The highest BCUT2D eigenvalue weighted by molar-refractivity contribution is 7.99. The van der Waals surface area contributed by atoms with Crippen molar-refractivity contribution in [3.63, 3.8) is 0 Å². The van der Waals surface area contributed by atoms with E-state index in [-0.39, 0.29) is 30.1 Å². The van der Waals surface area contributed by atoms with Crippen molar-refractivity contribution in [2.75, 3.05) is 31.1 Å². The van der Waals surface area contributed by atoms with Gasteiger partial charge >= 0.3 is 11.9 Å². The third-order valence-corrected chi connectivity index (χ3v) is 6.08. The highest BCUT2D eigenvalue weighted by Gasteiger charge is 2.63. The number of rotatable bonds is 3. The van der Waals surface area contributed by atoms with Gasteiger partial charge in [-0.15, -0.1) is 0 Å². The van der Waals surface area contributed by atoms with E-state index in [1.54, 1.807) is 0 Å². The summed E-state index contributed by atoms with van der Waals surface area (Å²) in [5.41, 5.74) is 0. The molecule has 4 aliphatic rings. The van der Waals surface area contributed by atoms with Crippen molar-refractivity contribution in [3.05, 3.63) is 0 Å². The number of esters is 2. The lowest BCUT2D eigenvalue weighted by atomic mass is 9.88. The van der Waals surface area contributed by atoms with Gasteiger partial charge in [-0.3, -0.25) is 14.5 Å². The second kappa shape index (κ2) is 4.91. The molecule has 5 unspecified atom stereocenters. The Bertz CT molecular complexity index is 437. The lowest BCUT2D eigenvalue weighted by molar-refractivity contribution is -0.162. The molecule has 0 radical (unpaired) electrons. The molecule has 110 valence electrons. The Morgan fingerprint density at radius 3 is 2.95 bits per heavy atom. The second-order valence-corrected chi connectivity index (χ2v) is 7.47. The minimum absolute atomic E-state index is 0.0749. The van der Waals surface area contributed by atoms with E-state index in [2.05, 4.69) is 4.90 Å². The molecule has 4 fully saturated rings. The molecule has 6 heteroatoms. The van der Waals surface area contributed by atoms with Crippen LogP contribution < -0.4 is 0 Å². The van der Waals surface area contributed by atoms with Crippen molar-refractivity contribution in [2.24, 2.45) is 17.8 Å². The Morgan fingerprint density at radius 2 is 2.15 bits per heavy atom. The van der Waals surface area contributed by atoms with Gasteiger partial charge in [-0.05, 0) is 12.8 Å². The molecule has 0 spiro atoms. The number of thioether (sulfide) groups is 1. The molecule has 0 aromatic rings.